The zero-order chi connectivity index (χ0) is 10.7. The van der Waals surface area contributed by atoms with E-state index in [4.69, 9.17) is 0 Å². The third kappa shape index (κ3) is 3.08. The molecule has 1 aliphatic carbocycles. The molecule has 1 fully saturated rings. The molecule has 0 unspecified atom stereocenters. The Morgan fingerprint density at radius 3 is 2.93 bits per heavy atom. The van der Waals surface area contributed by atoms with E-state index < -0.39 is 0 Å². The molecule has 1 aromatic rings. The summed E-state index contributed by atoms with van der Waals surface area (Å²) in [7, 11) is 3.90. The quantitative estimate of drug-likeness (QED) is 0.797. The zero-order valence-electron chi connectivity index (χ0n) is 9.40. The van der Waals surface area contributed by atoms with Gasteiger partial charge in [0.1, 0.15) is 5.82 Å². The van der Waals surface area contributed by atoms with Gasteiger partial charge in [-0.25, -0.2) is 4.98 Å². The van der Waals surface area contributed by atoms with Crippen LogP contribution < -0.4 is 10.2 Å². The lowest BCUT2D eigenvalue weighted by atomic mass is 10.3. The Morgan fingerprint density at radius 2 is 2.27 bits per heavy atom. The molecule has 0 saturated heterocycles. The molecule has 0 bridgehead atoms. The Kier molecular flexibility index (Phi) is 3.04. The van der Waals surface area contributed by atoms with Gasteiger partial charge in [0.15, 0.2) is 0 Å². The van der Waals surface area contributed by atoms with Crippen LogP contribution >= 0.6 is 0 Å². The van der Waals surface area contributed by atoms with Crippen LogP contribution in [0.3, 0.4) is 0 Å². The van der Waals surface area contributed by atoms with Crippen LogP contribution in [0.5, 0.6) is 0 Å². The van der Waals surface area contributed by atoms with E-state index in [9.17, 15) is 0 Å². The van der Waals surface area contributed by atoms with Crippen molar-refractivity contribution >= 4 is 11.8 Å². The van der Waals surface area contributed by atoms with E-state index in [0.29, 0.717) is 0 Å². The molecule has 4 nitrogen and oxygen atoms in total. The van der Waals surface area contributed by atoms with Crippen molar-refractivity contribution in [2.45, 2.75) is 19.3 Å². The van der Waals surface area contributed by atoms with Crippen LogP contribution in [0.1, 0.15) is 19.3 Å². The molecule has 0 aliphatic heterocycles. The molecule has 0 amide bonds. The summed E-state index contributed by atoms with van der Waals surface area (Å²) in [5.74, 6) is 2.65. The van der Waals surface area contributed by atoms with E-state index in [1.165, 1.54) is 19.3 Å². The first-order valence-corrected chi connectivity index (χ1v) is 5.50. The molecule has 1 N–H and O–H groups in total. The second kappa shape index (κ2) is 4.47. The first-order chi connectivity index (χ1) is 7.25. The van der Waals surface area contributed by atoms with Gasteiger partial charge in [-0.15, -0.1) is 0 Å². The summed E-state index contributed by atoms with van der Waals surface area (Å²) in [5, 5.41) is 3.33. The third-order valence-corrected chi connectivity index (χ3v) is 2.60. The number of nitrogens with one attached hydrogen (secondary N) is 1. The highest BCUT2D eigenvalue weighted by Crippen LogP contribution is 2.31. The van der Waals surface area contributed by atoms with Crippen LogP contribution in [-0.4, -0.2) is 30.6 Å². The zero-order valence-corrected chi connectivity index (χ0v) is 9.40. The molecule has 1 saturated carbocycles. The monoisotopic (exact) mass is 206 g/mol. The van der Waals surface area contributed by atoms with Gasteiger partial charge in [-0.1, -0.05) is 12.8 Å². The van der Waals surface area contributed by atoms with Gasteiger partial charge >= 0.3 is 0 Å². The fourth-order valence-corrected chi connectivity index (χ4v) is 1.47. The molecule has 0 aromatic carbocycles. The maximum atomic E-state index is 4.39. The molecule has 4 heteroatoms. The second-order valence-corrected chi connectivity index (χ2v) is 4.30. The Hall–Kier alpha value is -1.32. The average molecular weight is 206 g/mol. The lowest BCUT2D eigenvalue weighted by Gasteiger charge is -2.11. The number of rotatable bonds is 5. The Bertz CT molecular complexity index is 320. The smallest absolute Gasteiger partial charge is 0.226 e. The van der Waals surface area contributed by atoms with Crippen molar-refractivity contribution in [2.75, 3.05) is 30.9 Å². The third-order valence-electron chi connectivity index (χ3n) is 2.60. The van der Waals surface area contributed by atoms with Crippen LogP contribution in [0, 0.1) is 5.92 Å². The first-order valence-electron chi connectivity index (χ1n) is 5.50. The molecule has 0 spiro atoms. The minimum atomic E-state index is 0.756. The molecule has 1 aromatic heterocycles. The van der Waals surface area contributed by atoms with Gasteiger partial charge in [-0.2, -0.15) is 4.98 Å². The normalized spacial score (nSPS) is 15.1. The van der Waals surface area contributed by atoms with Gasteiger partial charge in [0, 0.05) is 26.8 Å². The van der Waals surface area contributed by atoms with Crippen molar-refractivity contribution in [1.82, 2.24) is 9.97 Å². The molecule has 0 atom stereocenters. The van der Waals surface area contributed by atoms with Gasteiger partial charge in [0.25, 0.3) is 0 Å². The molecular formula is C11H18N4. The highest BCUT2D eigenvalue weighted by Gasteiger charge is 2.20. The first kappa shape index (κ1) is 10.2. The van der Waals surface area contributed by atoms with E-state index in [-0.39, 0.29) is 0 Å². The fourth-order valence-electron chi connectivity index (χ4n) is 1.47. The Balaban J connectivity index is 1.86. The summed E-state index contributed by atoms with van der Waals surface area (Å²) >= 11 is 0. The number of hydrogen-bond acceptors (Lipinski definition) is 4. The highest BCUT2D eigenvalue weighted by atomic mass is 15.2. The molecule has 2 rings (SSSR count). The lowest BCUT2D eigenvalue weighted by Crippen LogP contribution is -2.14. The summed E-state index contributed by atoms with van der Waals surface area (Å²) in [5.41, 5.74) is 0. The lowest BCUT2D eigenvalue weighted by molar-refractivity contribution is 0.758. The predicted molar refractivity (Wildman–Crippen MR) is 62.2 cm³/mol. The van der Waals surface area contributed by atoms with Crippen molar-refractivity contribution in [3.05, 3.63) is 12.3 Å². The van der Waals surface area contributed by atoms with Crippen molar-refractivity contribution in [3.63, 3.8) is 0 Å². The summed E-state index contributed by atoms with van der Waals surface area (Å²) < 4.78 is 0. The number of hydrogen-bond donors (Lipinski definition) is 1. The summed E-state index contributed by atoms with van der Waals surface area (Å²) in [4.78, 5) is 10.5. The number of aromatic nitrogens is 2. The van der Waals surface area contributed by atoms with Crippen molar-refractivity contribution < 1.29 is 0 Å². The summed E-state index contributed by atoms with van der Waals surface area (Å²) in [6.45, 7) is 1.02. The Labute approximate surface area is 90.7 Å². The van der Waals surface area contributed by atoms with E-state index in [2.05, 4.69) is 15.3 Å². The van der Waals surface area contributed by atoms with Gasteiger partial charge in [-0.3, -0.25) is 0 Å². The highest BCUT2D eigenvalue weighted by molar-refractivity contribution is 5.40. The van der Waals surface area contributed by atoms with Gasteiger partial charge in [-0.05, 0) is 18.4 Å². The predicted octanol–water partition coefficient (Wildman–Crippen LogP) is 1.75. The molecule has 1 aliphatic rings. The molecular weight excluding hydrogens is 188 g/mol. The second-order valence-electron chi connectivity index (χ2n) is 4.30. The maximum absolute atomic E-state index is 4.39. The van der Waals surface area contributed by atoms with E-state index in [1.807, 2.05) is 25.1 Å². The maximum Gasteiger partial charge on any atom is 0.226 e. The van der Waals surface area contributed by atoms with Crippen LogP contribution in [0.25, 0.3) is 0 Å². The van der Waals surface area contributed by atoms with E-state index >= 15 is 0 Å². The van der Waals surface area contributed by atoms with Crippen LogP contribution in [-0.2, 0) is 0 Å². The number of anilines is 2. The summed E-state index contributed by atoms with van der Waals surface area (Å²) in [6, 6.07) is 1.92. The van der Waals surface area contributed by atoms with Crippen molar-refractivity contribution in [2.24, 2.45) is 5.92 Å². The van der Waals surface area contributed by atoms with Crippen molar-refractivity contribution in [3.8, 4) is 0 Å². The van der Waals surface area contributed by atoms with E-state index in [0.717, 1.165) is 24.2 Å². The van der Waals surface area contributed by atoms with Crippen molar-refractivity contribution in [1.29, 1.82) is 0 Å². The van der Waals surface area contributed by atoms with Crippen LogP contribution in [0.4, 0.5) is 11.8 Å². The largest absolute Gasteiger partial charge is 0.370 e. The SMILES string of the molecule is CN(C)c1nccc(NCCC2CC2)n1. The van der Waals surface area contributed by atoms with Gasteiger partial charge in [0.05, 0.1) is 0 Å². The number of nitrogens with zero attached hydrogens (tertiary/aromatic N) is 3. The molecule has 82 valence electrons. The van der Waals surface area contributed by atoms with Crippen LogP contribution in [0.15, 0.2) is 12.3 Å². The standard InChI is InChI=1S/C11H18N4/c1-15(2)11-13-8-6-10(14-11)12-7-5-9-3-4-9/h6,8-9H,3-5,7H2,1-2H3,(H,12,13,14). The molecule has 0 radical (unpaired) electrons. The Morgan fingerprint density at radius 1 is 1.47 bits per heavy atom. The average Bonchev–Trinajstić information content (AvgIpc) is 3.02. The summed E-state index contributed by atoms with van der Waals surface area (Å²) in [6.07, 6.45) is 5.88. The van der Waals surface area contributed by atoms with Gasteiger partial charge in [0.2, 0.25) is 5.95 Å². The topological polar surface area (TPSA) is 41.1 Å². The molecule has 15 heavy (non-hydrogen) atoms. The van der Waals surface area contributed by atoms with Crippen LogP contribution in [0.2, 0.25) is 0 Å². The van der Waals surface area contributed by atoms with E-state index in [1.54, 1.807) is 6.20 Å². The van der Waals surface area contributed by atoms with Gasteiger partial charge < -0.3 is 10.2 Å². The minimum Gasteiger partial charge on any atom is -0.370 e. The fraction of sp³-hybridized carbons (Fsp3) is 0.636. The molecule has 1 heterocycles. The minimum absolute atomic E-state index is 0.756.